The monoisotopic (exact) mass is 842 g/mol. The zero-order valence-electron chi connectivity index (χ0n) is 40.4. The molecular formula is C54H97O6. The molecule has 6 heteroatoms. The SMILES string of the molecule is CCCCCCCCCCCC(=O)CCCCCCCCCCCC(C(=O)CCC)(C(=O)CCCCC)C([C]=O)(C(=O)CCCCCCC)C(=O)CCCCCCCCC. The van der Waals surface area contributed by atoms with Gasteiger partial charge >= 0.3 is 0 Å². The van der Waals surface area contributed by atoms with Gasteiger partial charge < -0.3 is 0 Å². The van der Waals surface area contributed by atoms with Crippen LogP contribution in [0.4, 0.5) is 0 Å². The second kappa shape index (κ2) is 39.8. The molecule has 0 spiro atoms. The summed E-state index contributed by atoms with van der Waals surface area (Å²) in [6.07, 6.45) is 37.7. The molecule has 0 rings (SSSR count). The van der Waals surface area contributed by atoms with Gasteiger partial charge in [0.1, 0.15) is 22.8 Å². The fraction of sp³-hybridized carbons (Fsp3) is 0.889. The van der Waals surface area contributed by atoms with Crippen LogP contribution in [0.25, 0.3) is 0 Å². The molecular weight excluding hydrogens is 745 g/mol. The van der Waals surface area contributed by atoms with Crippen molar-refractivity contribution in [1.82, 2.24) is 0 Å². The van der Waals surface area contributed by atoms with E-state index in [1.165, 1.54) is 57.8 Å². The molecule has 0 N–H and O–H groups in total. The Bertz CT molecular complexity index is 1110. The highest BCUT2D eigenvalue weighted by Crippen LogP contribution is 2.49. The molecule has 60 heavy (non-hydrogen) atoms. The molecule has 0 fully saturated rings. The Morgan fingerprint density at radius 2 is 0.567 bits per heavy atom. The van der Waals surface area contributed by atoms with E-state index < -0.39 is 34.0 Å². The molecule has 2 unspecified atom stereocenters. The lowest BCUT2D eigenvalue weighted by atomic mass is 9.51. The summed E-state index contributed by atoms with van der Waals surface area (Å²) in [4.78, 5) is 84.5. The molecule has 6 nitrogen and oxygen atoms in total. The van der Waals surface area contributed by atoms with Crippen LogP contribution in [0, 0.1) is 10.8 Å². The van der Waals surface area contributed by atoms with Crippen molar-refractivity contribution in [3.63, 3.8) is 0 Å². The molecule has 0 saturated heterocycles. The molecule has 0 aliphatic rings. The molecule has 349 valence electrons. The maximum Gasteiger partial charge on any atom is 0.222 e. The average Bonchev–Trinajstić information content (AvgIpc) is 3.24. The lowest BCUT2D eigenvalue weighted by molar-refractivity contribution is -0.161. The van der Waals surface area contributed by atoms with Gasteiger partial charge in [0, 0.05) is 38.5 Å². The number of rotatable bonds is 48. The summed E-state index contributed by atoms with van der Waals surface area (Å²) in [5.74, 6) is -1.49. The van der Waals surface area contributed by atoms with Crippen LogP contribution in [0.1, 0.15) is 298 Å². The zero-order valence-corrected chi connectivity index (χ0v) is 40.4. The molecule has 0 bridgehead atoms. The van der Waals surface area contributed by atoms with Crippen LogP contribution < -0.4 is 0 Å². The van der Waals surface area contributed by atoms with Gasteiger partial charge in [-0.3, -0.25) is 28.8 Å². The van der Waals surface area contributed by atoms with E-state index in [9.17, 15) is 28.8 Å². The predicted molar refractivity (Wildman–Crippen MR) is 253 cm³/mol. The van der Waals surface area contributed by atoms with E-state index in [0.29, 0.717) is 44.3 Å². The lowest BCUT2D eigenvalue weighted by Gasteiger charge is -2.43. The Kier molecular flexibility index (Phi) is 38.5. The van der Waals surface area contributed by atoms with Crippen LogP contribution >= 0.6 is 0 Å². The van der Waals surface area contributed by atoms with Crippen LogP contribution in [-0.2, 0) is 28.8 Å². The third-order valence-corrected chi connectivity index (χ3v) is 13.1. The lowest BCUT2D eigenvalue weighted by Crippen LogP contribution is -2.62. The number of hydrogen-bond acceptors (Lipinski definition) is 6. The third-order valence-electron chi connectivity index (χ3n) is 13.1. The van der Waals surface area contributed by atoms with E-state index >= 15 is 0 Å². The number of Topliss-reactive ketones (excluding diaryl/α,β-unsaturated/α-hetero) is 5. The van der Waals surface area contributed by atoms with E-state index in [1.807, 2.05) is 13.2 Å². The number of ketones is 5. The van der Waals surface area contributed by atoms with Crippen LogP contribution in [0.5, 0.6) is 0 Å². The van der Waals surface area contributed by atoms with Crippen molar-refractivity contribution in [3.8, 4) is 0 Å². The molecule has 0 aliphatic heterocycles. The van der Waals surface area contributed by atoms with E-state index in [1.54, 1.807) is 0 Å². The van der Waals surface area contributed by atoms with Crippen molar-refractivity contribution in [2.75, 3.05) is 0 Å². The number of carbonyl (C=O) groups excluding carboxylic acids is 6. The van der Waals surface area contributed by atoms with Gasteiger partial charge in [0.2, 0.25) is 6.29 Å². The largest absolute Gasteiger partial charge is 0.300 e. The standard InChI is InChI=1S/C54H97O6/c1-6-11-15-18-20-22-26-30-35-41-48(56)42-36-31-27-23-21-24-28-33-39-46-53(49(57)40-10-5,50(58)43-34-14-9-4)54(47-55,51(59)44-37-29-17-13-8-3)52(60)45-38-32-25-19-16-12-7-2/h6-46H2,1-5H3. The first-order valence-corrected chi connectivity index (χ1v) is 26.2. The second-order valence-electron chi connectivity index (χ2n) is 18.5. The Labute approximate surface area is 371 Å². The number of unbranched alkanes of at least 4 members (excludes halogenated alkanes) is 28. The topological polar surface area (TPSA) is 102 Å². The van der Waals surface area contributed by atoms with Gasteiger partial charge in [-0.05, 0) is 44.9 Å². The normalized spacial score (nSPS) is 13.5. The summed E-state index contributed by atoms with van der Waals surface area (Å²) in [6.45, 7) is 10.5. The van der Waals surface area contributed by atoms with Gasteiger partial charge in [-0.25, -0.2) is 0 Å². The predicted octanol–water partition coefficient (Wildman–Crippen LogP) is 16.0. The minimum atomic E-state index is -2.37. The summed E-state index contributed by atoms with van der Waals surface area (Å²) in [5, 5.41) is 0. The minimum absolute atomic E-state index is 0.0125. The second-order valence-corrected chi connectivity index (χ2v) is 18.5. The first-order chi connectivity index (χ1) is 29.2. The Morgan fingerprint density at radius 1 is 0.300 bits per heavy atom. The Balaban J connectivity index is 5.61. The average molecular weight is 842 g/mol. The van der Waals surface area contributed by atoms with E-state index in [0.717, 1.165) is 135 Å². The number of hydrogen-bond donors (Lipinski definition) is 0. The van der Waals surface area contributed by atoms with Crippen molar-refractivity contribution in [2.24, 2.45) is 10.8 Å². The summed E-state index contributed by atoms with van der Waals surface area (Å²) in [7, 11) is 0. The highest BCUT2D eigenvalue weighted by Gasteiger charge is 2.66. The molecule has 0 aliphatic carbocycles. The van der Waals surface area contributed by atoms with Gasteiger partial charge in [0.25, 0.3) is 0 Å². The molecule has 1 radical (unpaired) electrons. The molecule has 0 heterocycles. The van der Waals surface area contributed by atoms with Crippen molar-refractivity contribution in [1.29, 1.82) is 0 Å². The molecule has 0 saturated carbocycles. The summed E-state index contributed by atoms with van der Waals surface area (Å²) in [6, 6.07) is 0. The van der Waals surface area contributed by atoms with Gasteiger partial charge in [0.15, 0.2) is 17.0 Å². The summed E-state index contributed by atoms with van der Waals surface area (Å²) < 4.78 is 0. The summed E-state index contributed by atoms with van der Waals surface area (Å²) in [5.41, 5.74) is -4.35. The van der Waals surface area contributed by atoms with Gasteiger partial charge in [-0.2, -0.15) is 0 Å². The van der Waals surface area contributed by atoms with Crippen molar-refractivity contribution >= 4 is 35.2 Å². The Hall–Kier alpha value is -1.98. The quantitative estimate of drug-likeness (QED) is 0.0446. The minimum Gasteiger partial charge on any atom is -0.300 e. The van der Waals surface area contributed by atoms with Gasteiger partial charge in [0.05, 0.1) is 0 Å². The molecule has 0 amide bonds. The highest BCUT2D eigenvalue weighted by atomic mass is 16.2. The van der Waals surface area contributed by atoms with Crippen molar-refractivity contribution in [2.45, 2.75) is 298 Å². The fourth-order valence-corrected chi connectivity index (χ4v) is 9.28. The molecule has 0 aromatic rings. The van der Waals surface area contributed by atoms with Crippen LogP contribution in [-0.4, -0.2) is 35.2 Å². The first-order valence-electron chi connectivity index (χ1n) is 26.2. The van der Waals surface area contributed by atoms with Gasteiger partial charge in [-0.15, -0.1) is 0 Å². The van der Waals surface area contributed by atoms with Crippen molar-refractivity contribution in [3.05, 3.63) is 0 Å². The third kappa shape index (κ3) is 24.0. The maximum absolute atomic E-state index is 14.7. The maximum atomic E-state index is 14.7. The van der Waals surface area contributed by atoms with Crippen LogP contribution in [0.2, 0.25) is 0 Å². The van der Waals surface area contributed by atoms with E-state index in [2.05, 4.69) is 27.7 Å². The van der Waals surface area contributed by atoms with E-state index in [-0.39, 0.29) is 32.1 Å². The fourth-order valence-electron chi connectivity index (χ4n) is 9.28. The Morgan fingerprint density at radius 3 is 0.917 bits per heavy atom. The smallest absolute Gasteiger partial charge is 0.222 e. The molecule has 0 aromatic carbocycles. The van der Waals surface area contributed by atoms with Crippen LogP contribution in [0.3, 0.4) is 0 Å². The summed E-state index contributed by atoms with van der Waals surface area (Å²) >= 11 is 0. The number of carbonyl (C=O) groups is 5. The zero-order chi connectivity index (χ0) is 44.6. The van der Waals surface area contributed by atoms with Crippen LogP contribution in [0.15, 0.2) is 0 Å². The first kappa shape index (κ1) is 58.0. The molecule has 2 atom stereocenters. The van der Waals surface area contributed by atoms with Crippen molar-refractivity contribution < 1.29 is 28.8 Å². The molecule has 0 aromatic heterocycles. The van der Waals surface area contributed by atoms with Gasteiger partial charge in [-0.1, -0.05) is 214 Å². The van der Waals surface area contributed by atoms with E-state index in [4.69, 9.17) is 0 Å². The highest BCUT2D eigenvalue weighted by molar-refractivity contribution is 6.28.